The van der Waals surface area contributed by atoms with Crippen LogP contribution in [0.4, 0.5) is 5.69 Å². The van der Waals surface area contributed by atoms with Crippen molar-refractivity contribution in [3.8, 4) is 0 Å². The molecule has 2 aliphatic rings. The average molecular weight is 397 g/mol. The summed E-state index contributed by atoms with van der Waals surface area (Å²) < 4.78 is 0. The Bertz CT molecular complexity index is 1190. The number of fused-ring (bicyclic) bond motifs is 1. The van der Waals surface area contributed by atoms with E-state index < -0.39 is 22.2 Å². The maximum absolute atomic E-state index is 13.4. The van der Waals surface area contributed by atoms with Crippen molar-refractivity contribution in [3.63, 3.8) is 0 Å². The van der Waals surface area contributed by atoms with Gasteiger partial charge in [0.1, 0.15) is 5.41 Å². The van der Waals surface area contributed by atoms with Crippen LogP contribution in [-0.4, -0.2) is 22.3 Å². The first-order valence-corrected chi connectivity index (χ1v) is 9.50. The molecule has 2 aliphatic carbocycles. The van der Waals surface area contributed by atoms with Crippen LogP contribution in [0.25, 0.3) is 0 Å². The number of non-ortho nitro benzene ring substituents is 1. The number of rotatable bonds is 4. The zero-order valence-corrected chi connectivity index (χ0v) is 15.6. The molecule has 5 rings (SSSR count). The second-order valence-electron chi connectivity index (χ2n) is 7.61. The largest absolute Gasteiger partial charge is 0.294 e. The maximum Gasteiger partial charge on any atom is 0.269 e. The third kappa shape index (κ3) is 2.27. The van der Waals surface area contributed by atoms with Crippen LogP contribution in [0.1, 0.15) is 42.6 Å². The second-order valence-corrected chi connectivity index (χ2v) is 7.61. The Labute approximate surface area is 171 Å². The molecular weight excluding hydrogens is 382 g/mol. The van der Waals surface area contributed by atoms with Gasteiger partial charge in [-0.05, 0) is 17.7 Å². The molecule has 0 aromatic heterocycles. The number of hydrogen-bond donors (Lipinski definition) is 0. The van der Waals surface area contributed by atoms with Crippen molar-refractivity contribution in [2.75, 3.05) is 0 Å². The lowest BCUT2D eigenvalue weighted by Gasteiger charge is -2.06. The molecular formula is C24H15NO5. The molecule has 1 fully saturated rings. The van der Waals surface area contributed by atoms with Crippen LogP contribution >= 0.6 is 0 Å². The number of carbonyl (C=O) groups is 3. The number of carbonyl (C=O) groups excluding carboxylic acids is 3. The van der Waals surface area contributed by atoms with Crippen molar-refractivity contribution in [2.24, 2.45) is 11.3 Å². The van der Waals surface area contributed by atoms with Gasteiger partial charge in [-0.1, -0.05) is 54.6 Å². The highest BCUT2D eigenvalue weighted by Gasteiger charge is 2.78. The molecule has 0 heterocycles. The molecule has 0 radical (unpaired) electrons. The molecule has 2 atom stereocenters. The van der Waals surface area contributed by atoms with E-state index in [1.807, 2.05) is 30.3 Å². The molecule has 1 spiro atoms. The molecule has 0 saturated heterocycles. The van der Waals surface area contributed by atoms with E-state index >= 15 is 0 Å². The van der Waals surface area contributed by atoms with Gasteiger partial charge in [-0.3, -0.25) is 24.5 Å². The minimum absolute atomic E-state index is 0.128. The topological polar surface area (TPSA) is 94.3 Å². The van der Waals surface area contributed by atoms with E-state index in [4.69, 9.17) is 0 Å². The van der Waals surface area contributed by atoms with Crippen LogP contribution in [0.5, 0.6) is 0 Å². The lowest BCUT2D eigenvalue weighted by atomic mass is 9.91. The molecule has 3 aromatic rings. The van der Waals surface area contributed by atoms with E-state index in [0.717, 1.165) is 5.56 Å². The lowest BCUT2D eigenvalue weighted by Crippen LogP contribution is -2.23. The summed E-state index contributed by atoms with van der Waals surface area (Å²) >= 11 is 0. The number of Topliss-reactive ketones (excluding diaryl/α,β-unsaturated/α-hetero) is 3. The van der Waals surface area contributed by atoms with Gasteiger partial charge in [-0.15, -0.1) is 0 Å². The Hall–Kier alpha value is -3.93. The molecule has 146 valence electrons. The number of hydrogen-bond acceptors (Lipinski definition) is 5. The standard InChI is InChI=1S/C24H15NO5/c26-21(15-10-12-16(13-11-15)25(29)30)20-19(14-6-2-1-3-7-14)24(20)22(27)17-8-4-5-9-18(17)23(24)28/h1-13,19-20H. The van der Waals surface area contributed by atoms with Crippen molar-refractivity contribution in [2.45, 2.75) is 5.92 Å². The van der Waals surface area contributed by atoms with Gasteiger partial charge in [-0.25, -0.2) is 0 Å². The summed E-state index contributed by atoms with van der Waals surface area (Å²) in [6.07, 6.45) is 0. The van der Waals surface area contributed by atoms with Crippen LogP contribution in [0.15, 0.2) is 78.9 Å². The van der Waals surface area contributed by atoms with Crippen molar-refractivity contribution in [1.82, 2.24) is 0 Å². The lowest BCUT2D eigenvalue weighted by molar-refractivity contribution is -0.384. The van der Waals surface area contributed by atoms with Gasteiger partial charge in [-0.2, -0.15) is 0 Å². The van der Waals surface area contributed by atoms with Crippen molar-refractivity contribution in [1.29, 1.82) is 0 Å². The summed E-state index contributed by atoms with van der Waals surface area (Å²) in [5, 5.41) is 10.9. The van der Waals surface area contributed by atoms with Gasteiger partial charge >= 0.3 is 0 Å². The van der Waals surface area contributed by atoms with Crippen LogP contribution in [0.2, 0.25) is 0 Å². The molecule has 3 aromatic carbocycles. The number of benzene rings is 3. The average Bonchev–Trinajstić information content (AvgIpc) is 3.44. The Kier molecular flexibility index (Phi) is 3.80. The monoisotopic (exact) mass is 397 g/mol. The van der Waals surface area contributed by atoms with Crippen molar-refractivity contribution in [3.05, 3.63) is 111 Å². The maximum atomic E-state index is 13.4. The summed E-state index contributed by atoms with van der Waals surface area (Å²) in [7, 11) is 0. The van der Waals surface area contributed by atoms with Crippen molar-refractivity contribution >= 4 is 23.0 Å². The third-order valence-electron chi connectivity index (χ3n) is 6.18. The van der Waals surface area contributed by atoms with E-state index in [0.29, 0.717) is 11.1 Å². The number of nitrogens with zero attached hydrogens (tertiary/aromatic N) is 1. The van der Waals surface area contributed by atoms with E-state index in [-0.39, 0.29) is 28.6 Å². The zero-order valence-electron chi connectivity index (χ0n) is 15.6. The van der Waals surface area contributed by atoms with Crippen molar-refractivity contribution < 1.29 is 19.3 Å². The first kappa shape index (κ1) is 18.1. The van der Waals surface area contributed by atoms with Crippen LogP contribution in [0, 0.1) is 21.4 Å². The fourth-order valence-electron chi connectivity index (χ4n) is 4.78. The highest BCUT2D eigenvalue weighted by molar-refractivity contribution is 6.35. The van der Waals surface area contributed by atoms with E-state index in [2.05, 4.69) is 0 Å². The van der Waals surface area contributed by atoms with Crippen LogP contribution in [-0.2, 0) is 0 Å². The number of nitro groups is 1. The Morgan fingerprint density at radius 2 is 1.33 bits per heavy atom. The highest BCUT2D eigenvalue weighted by atomic mass is 16.6. The summed E-state index contributed by atoms with van der Waals surface area (Å²) in [4.78, 5) is 50.6. The Morgan fingerprint density at radius 1 is 0.800 bits per heavy atom. The normalized spacial score (nSPS) is 20.8. The summed E-state index contributed by atoms with van der Waals surface area (Å²) in [6, 6.07) is 21.0. The van der Waals surface area contributed by atoms with Gasteiger partial charge in [0.2, 0.25) is 0 Å². The van der Waals surface area contributed by atoms with Gasteiger partial charge in [0.05, 0.1) is 10.8 Å². The predicted octanol–water partition coefficient (Wildman–Crippen LogP) is 4.26. The second kappa shape index (κ2) is 6.29. The SMILES string of the molecule is O=C(c1ccc([N+](=O)[O-])cc1)C1C(c2ccccc2)C12C(=O)c1ccccc1C2=O. The molecule has 0 bridgehead atoms. The summed E-state index contributed by atoms with van der Waals surface area (Å²) in [5.41, 5.74) is 0.137. The minimum Gasteiger partial charge on any atom is -0.294 e. The minimum atomic E-state index is -1.44. The predicted molar refractivity (Wildman–Crippen MR) is 108 cm³/mol. The summed E-state index contributed by atoms with van der Waals surface area (Å²) in [5.74, 6) is -2.40. The van der Waals surface area contributed by atoms with Crippen LogP contribution < -0.4 is 0 Å². The zero-order chi connectivity index (χ0) is 21.0. The smallest absolute Gasteiger partial charge is 0.269 e. The molecule has 0 aliphatic heterocycles. The van der Waals surface area contributed by atoms with Gasteiger partial charge in [0.15, 0.2) is 17.3 Å². The molecule has 6 heteroatoms. The van der Waals surface area contributed by atoms with E-state index in [9.17, 15) is 24.5 Å². The number of ketones is 3. The number of nitro benzene ring substituents is 1. The van der Waals surface area contributed by atoms with Gasteiger partial charge < -0.3 is 0 Å². The molecule has 0 N–H and O–H groups in total. The Morgan fingerprint density at radius 3 is 1.87 bits per heavy atom. The molecule has 2 unspecified atom stereocenters. The first-order valence-electron chi connectivity index (χ1n) is 9.50. The third-order valence-corrected chi connectivity index (χ3v) is 6.18. The molecule has 0 amide bonds. The fourth-order valence-corrected chi connectivity index (χ4v) is 4.78. The van der Waals surface area contributed by atoms with E-state index in [1.165, 1.54) is 24.3 Å². The van der Waals surface area contributed by atoms with Crippen LogP contribution in [0.3, 0.4) is 0 Å². The fraction of sp³-hybridized carbons (Fsp3) is 0.125. The quantitative estimate of drug-likeness (QED) is 0.284. The van der Waals surface area contributed by atoms with Gasteiger partial charge in [0.25, 0.3) is 5.69 Å². The van der Waals surface area contributed by atoms with E-state index in [1.54, 1.807) is 24.3 Å². The molecule has 6 nitrogen and oxygen atoms in total. The summed E-state index contributed by atoms with van der Waals surface area (Å²) in [6.45, 7) is 0. The Balaban J connectivity index is 1.61. The van der Waals surface area contributed by atoms with Gasteiger partial charge in [0, 0.05) is 34.7 Å². The molecule has 1 saturated carbocycles. The highest BCUT2D eigenvalue weighted by Crippen LogP contribution is 2.70. The first-order chi connectivity index (χ1) is 14.5. The molecule has 30 heavy (non-hydrogen) atoms.